The van der Waals surface area contributed by atoms with Gasteiger partial charge in [-0.1, -0.05) is 42.5 Å². The molecule has 2 aromatic heterocycles. The third-order valence-electron chi connectivity index (χ3n) is 4.53. The molecule has 0 aliphatic heterocycles. The number of hydrogen-bond donors (Lipinski definition) is 1. The van der Waals surface area contributed by atoms with E-state index in [2.05, 4.69) is 10.4 Å². The van der Waals surface area contributed by atoms with Gasteiger partial charge in [0.1, 0.15) is 11.4 Å². The number of hydrogen-bond acceptors (Lipinski definition) is 4. The number of amides is 1. The number of fused-ring (bicyclic) bond motifs is 1. The SMILES string of the molecule is COc1ccccc1-c1cc(C(=O)NC(C)C)n2nc(-c3ccccc3)cc2n1. The molecule has 6 heteroatoms. The lowest BCUT2D eigenvalue weighted by atomic mass is 10.1. The Kier molecular flexibility index (Phi) is 4.99. The van der Waals surface area contributed by atoms with Gasteiger partial charge in [-0.25, -0.2) is 9.50 Å². The van der Waals surface area contributed by atoms with E-state index in [0.29, 0.717) is 22.8 Å². The third kappa shape index (κ3) is 3.69. The van der Waals surface area contributed by atoms with Gasteiger partial charge in [0.15, 0.2) is 5.65 Å². The summed E-state index contributed by atoms with van der Waals surface area (Å²) in [5.74, 6) is 0.494. The normalized spacial score (nSPS) is 11.0. The summed E-state index contributed by atoms with van der Waals surface area (Å²) in [5.41, 5.74) is 4.22. The maximum atomic E-state index is 12.9. The van der Waals surface area contributed by atoms with Crippen molar-refractivity contribution in [1.29, 1.82) is 0 Å². The Balaban J connectivity index is 1.93. The number of nitrogens with one attached hydrogen (secondary N) is 1. The van der Waals surface area contributed by atoms with Crippen LogP contribution in [-0.4, -0.2) is 33.7 Å². The van der Waals surface area contributed by atoms with Crippen LogP contribution < -0.4 is 10.1 Å². The first-order chi connectivity index (χ1) is 14.1. The number of rotatable bonds is 5. The van der Waals surface area contributed by atoms with Gasteiger partial charge in [0.05, 0.1) is 18.5 Å². The number of ether oxygens (including phenoxy) is 1. The summed E-state index contributed by atoms with van der Waals surface area (Å²) >= 11 is 0. The van der Waals surface area contributed by atoms with Gasteiger partial charge >= 0.3 is 0 Å². The lowest BCUT2D eigenvalue weighted by molar-refractivity contribution is 0.0935. The molecule has 0 aliphatic rings. The molecular weight excluding hydrogens is 364 g/mol. The molecule has 0 saturated carbocycles. The summed E-state index contributed by atoms with van der Waals surface area (Å²) in [5, 5.41) is 7.60. The van der Waals surface area contributed by atoms with Crippen molar-refractivity contribution >= 4 is 11.6 Å². The van der Waals surface area contributed by atoms with E-state index in [0.717, 1.165) is 16.8 Å². The van der Waals surface area contributed by atoms with E-state index < -0.39 is 0 Å². The minimum absolute atomic E-state index is 0.00424. The van der Waals surface area contributed by atoms with Crippen molar-refractivity contribution in [2.24, 2.45) is 0 Å². The molecule has 0 aliphatic carbocycles. The first-order valence-electron chi connectivity index (χ1n) is 9.47. The van der Waals surface area contributed by atoms with E-state index in [-0.39, 0.29) is 11.9 Å². The quantitative estimate of drug-likeness (QED) is 0.558. The largest absolute Gasteiger partial charge is 0.496 e. The number of carbonyl (C=O) groups excluding carboxylic acids is 1. The molecule has 29 heavy (non-hydrogen) atoms. The zero-order valence-corrected chi connectivity index (χ0v) is 16.6. The summed E-state index contributed by atoms with van der Waals surface area (Å²) < 4.78 is 7.08. The number of nitrogens with zero attached hydrogens (tertiary/aromatic N) is 3. The average Bonchev–Trinajstić information content (AvgIpc) is 3.17. The summed E-state index contributed by atoms with van der Waals surface area (Å²) in [6.45, 7) is 3.85. The van der Waals surface area contributed by atoms with Crippen LogP contribution in [0.15, 0.2) is 66.7 Å². The van der Waals surface area contributed by atoms with Crippen molar-refractivity contribution in [1.82, 2.24) is 19.9 Å². The Morgan fingerprint density at radius 1 is 1.00 bits per heavy atom. The van der Waals surface area contributed by atoms with Crippen molar-refractivity contribution in [3.63, 3.8) is 0 Å². The molecule has 4 rings (SSSR count). The molecule has 2 aromatic carbocycles. The average molecular weight is 386 g/mol. The third-order valence-corrected chi connectivity index (χ3v) is 4.53. The lowest BCUT2D eigenvalue weighted by Gasteiger charge is -2.12. The maximum Gasteiger partial charge on any atom is 0.270 e. The highest BCUT2D eigenvalue weighted by Gasteiger charge is 2.19. The summed E-state index contributed by atoms with van der Waals surface area (Å²) in [6.07, 6.45) is 0. The molecule has 0 unspecified atom stereocenters. The summed E-state index contributed by atoms with van der Waals surface area (Å²) in [7, 11) is 1.62. The molecule has 1 N–H and O–H groups in total. The molecule has 1 amide bonds. The minimum atomic E-state index is -0.203. The number of para-hydroxylation sites is 1. The second-order valence-corrected chi connectivity index (χ2v) is 7.02. The van der Waals surface area contributed by atoms with Gasteiger partial charge < -0.3 is 10.1 Å². The van der Waals surface area contributed by atoms with Crippen LogP contribution in [0.5, 0.6) is 5.75 Å². The number of benzene rings is 2. The van der Waals surface area contributed by atoms with Gasteiger partial charge in [-0.3, -0.25) is 4.79 Å². The Morgan fingerprint density at radius 3 is 2.45 bits per heavy atom. The van der Waals surface area contributed by atoms with Crippen LogP contribution in [0.3, 0.4) is 0 Å². The van der Waals surface area contributed by atoms with Gasteiger partial charge in [-0.05, 0) is 32.0 Å². The number of methoxy groups -OCH3 is 1. The van der Waals surface area contributed by atoms with E-state index in [1.165, 1.54) is 0 Å². The minimum Gasteiger partial charge on any atom is -0.496 e. The predicted octanol–water partition coefficient (Wildman–Crippen LogP) is 4.21. The first-order valence-corrected chi connectivity index (χ1v) is 9.47. The Hall–Kier alpha value is -3.67. The standard InChI is InChI=1S/C23H22N4O2/c1-15(2)24-23(28)20-13-19(17-11-7-8-12-21(17)29-3)25-22-14-18(26-27(20)22)16-9-5-4-6-10-16/h4-15H,1-3H3,(H,24,28). The fraction of sp³-hybridized carbons (Fsp3) is 0.174. The van der Waals surface area contributed by atoms with Gasteiger partial charge in [0.2, 0.25) is 0 Å². The van der Waals surface area contributed by atoms with Gasteiger partial charge in [0.25, 0.3) is 5.91 Å². The van der Waals surface area contributed by atoms with E-state index in [4.69, 9.17) is 9.72 Å². The van der Waals surface area contributed by atoms with E-state index >= 15 is 0 Å². The van der Waals surface area contributed by atoms with Crippen LogP contribution in [0.4, 0.5) is 0 Å². The molecule has 0 saturated heterocycles. The molecular formula is C23H22N4O2. The topological polar surface area (TPSA) is 68.5 Å². The highest BCUT2D eigenvalue weighted by Crippen LogP contribution is 2.30. The zero-order valence-electron chi connectivity index (χ0n) is 16.6. The van der Waals surface area contributed by atoms with E-state index in [1.54, 1.807) is 17.7 Å². The summed E-state index contributed by atoms with van der Waals surface area (Å²) in [4.78, 5) is 17.7. The van der Waals surface area contributed by atoms with Crippen LogP contribution in [-0.2, 0) is 0 Å². The van der Waals surface area contributed by atoms with Gasteiger partial charge in [0, 0.05) is 23.2 Å². The van der Waals surface area contributed by atoms with E-state index in [1.807, 2.05) is 74.5 Å². The maximum absolute atomic E-state index is 12.9. The van der Waals surface area contributed by atoms with E-state index in [9.17, 15) is 4.79 Å². The summed E-state index contributed by atoms with van der Waals surface area (Å²) in [6, 6.07) is 21.1. The monoisotopic (exact) mass is 386 g/mol. The molecule has 0 atom stereocenters. The van der Waals surface area contributed by atoms with Crippen LogP contribution in [0, 0.1) is 0 Å². The highest BCUT2D eigenvalue weighted by atomic mass is 16.5. The molecule has 146 valence electrons. The predicted molar refractivity (Wildman–Crippen MR) is 113 cm³/mol. The smallest absolute Gasteiger partial charge is 0.270 e. The fourth-order valence-electron chi connectivity index (χ4n) is 3.22. The lowest BCUT2D eigenvalue weighted by Crippen LogP contribution is -2.31. The zero-order chi connectivity index (χ0) is 20.4. The molecule has 0 spiro atoms. The van der Waals surface area contributed by atoms with Crippen LogP contribution in [0.25, 0.3) is 28.2 Å². The molecule has 2 heterocycles. The molecule has 0 radical (unpaired) electrons. The van der Waals surface area contributed by atoms with Crippen molar-refractivity contribution in [2.45, 2.75) is 19.9 Å². The Morgan fingerprint density at radius 2 is 1.72 bits per heavy atom. The molecule has 6 nitrogen and oxygen atoms in total. The highest BCUT2D eigenvalue weighted by molar-refractivity contribution is 5.94. The van der Waals surface area contributed by atoms with Gasteiger partial charge in [-0.15, -0.1) is 0 Å². The van der Waals surface area contributed by atoms with Crippen LogP contribution >= 0.6 is 0 Å². The second kappa shape index (κ2) is 7.75. The van der Waals surface area contributed by atoms with Crippen molar-refractivity contribution in [2.75, 3.05) is 7.11 Å². The van der Waals surface area contributed by atoms with Gasteiger partial charge in [-0.2, -0.15) is 5.10 Å². The van der Waals surface area contributed by atoms with Crippen molar-refractivity contribution < 1.29 is 9.53 Å². The van der Waals surface area contributed by atoms with Crippen molar-refractivity contribution in [3.05, 3.63) is 72.4 Å². The molecule has 0 bridgehead atoms. The molecule has 0 fully saturated rings. The second-order valence-electron chi connectivity index (χ2n) is 7.02. The van der Waals surface area contributed by atoms with Crippen molar-refractivity contribution in [3.8, 4) is 28.3 Å². The molecule has 4 aromatic rings. The Bertz CT molecular complexity index is 1170. The van der Waals surface area contributed by atoms with Crippen LogP contribution in [0.2, 0.25) is 0 Å². The number of carbonyl (C=O) groups is 1. The number of aromatic nitrogens is 3. The fourth-order valence-corrected chi connectivity index (χ4v) is 3.22. The first kappa shape index (κ1) is 18.7. The van der Waals surface area contributed by atoms with Crippen LogP contribution in [0.1, 0.15) is 24.3 Å². The Labute approximate surface area is 169 Å².